The van der Waals surface area contributed by atoms with Gasteiger partial charge < -0.3 is 0 Å². The number of rotatable bonds is 2. The predicted molar refractivity (Wildman–Crippen MR) is 68.8 cm³/mol. The molecule has 0 saturated carbocycles. The average molecular weight is 306 g/mol. The first-order valence-electron chi connectivity index (χ1n) is 4.90. The zero-order valence-corrected chi connectivity index (χ0v) is 12.3. The van der Waals surface area contributed by atoms with Crippen molar-refractivity contribution in [2.24, 2.45) is 0 Å². The topological polar surface area (TPSA) is 37.4 Å². The summed E-state index contributed by atoms with van der Waals surface area (Å²) < 4.78 is 26.6. The Hall–Kier alpha value is -0.390. The highest BCUT2D eigenvalue weighted by Crippen LogP contribution is 2.24. The molecule has 0 radical (unpaired) electrons. The van der Waals surface area contributed by atoms with E-state index in [1.165, 1.54) is 4.31 Å². The van der Waals surface area contributed by atoms with Crippen molar-refractivity contribution in [2.45, 2.75) is 31.2 Å². The molecular weight excluding hydrogens is 290 g/mol. The zero-order chi connectivity index (χ0) is 12.6. The molecule has 16 heavy (non-hydrogen) atoms. The van der Waals surface area contributed by atoms with Crippen LogP contribution < -0.4 is 0 Å². The number of hydrogen-bond acceptors (Lipinski definition) is 2. The molecule has 0 heterocycles. The van der Waals surface area contributed by atoms with Crippen molar-refractivity contribution in [3.05, 3.63) is 28.7 Å². The maximum Gasteiger partial charge on any atom is 0.243 e. The van der Waals surface area contributed by atoms with Crippen molar-refractivity contribution in [2.75, 3.05) is 7.05 Å². The number of benzene rings is 1. The van der Waals surface area contributed by atoms with E-state index >= 15 is 0 Å². The van der Waals surface area contributed by atoms with Crippen LogP contribution in [-0.4, -0.2) is 25.3 Å². The van der Waals surface area contributed by atoms with Crippen molar-refractivity contribution < 1.29 is 8.42 Å². The molecule has 1 rings (SSSR count). The second-order valence-corrected chi connectivity index (χ2v) is 7.49. The van der Waals surface area contributed by atoms with Crippen molar-refractivity contribution >= 4 is 26.0 Å². The Balaban J connectivity index is 3.23. The quantitative estimate of drug-likeness (QED) is 0.842. The van der Waals surface area contributed by atoms with Crippen molar-refractivity contribution in [3.8, 4) is 0 Å². The lowest BCUT2D eigenvalue weighted by atomic mass is 10.1. The van der Waals surface area contributed by atoms with Crippen LogP contribution in [0, 0.1) is 0 Å². The first kappa shape index (κ1) is 13.7. The normalized spacial score (nSPS) is 13.1. The van der Waals surface area contributed by atoms with Gasteiger partial charge in [0.2, 0.25) is 10.0 Å². The first-order chi connectivity index (χ1) is 7.15. The van der Waals surface area contributed by atoms with E-state index in [1.54, 1.807) is 31.3 Å². The molecule has 0 spiro atoms. The monoisotopic (exact) mass is 305 g/mol. The SMILES string of the molecule is CN(C(C)(C)C)S(=O)(=O)c1cccc(Br)c1. The summed E-state index contributed by atoms with van der Waals surface area (Å²) in [7, 11) is -1.82. The number of hydrogen-bond donors (Lipinski definition) is 0. The summed E-state index contributed by atoms with van der Waals surface area (Å²) in [5.41, 5.74) is -0.429. The van der Waals surface area contributed by atoms with E-state index in [1.807, 2.05) is 20.8 Å². The van der Waals surface area contributed by atoms with Gasteiger partial charge in [0.1, 0.15) is 0 Å². The number of sulfonamides is 1. The van der Waals surface area contributed by atoms with Crippen LogP contribution in [0.2, 0.25) is 0 Å². The molecule has 3 nitrogen and oxygen atoms in total. The lowest BCUT2D eigenvalue weighted by Gasteiger charge is -2.30. The van der Waals surface area contributed by atoms with Gasteiger partial charge in [0, 0.05) is 17.1 Å². The second-order valence-electron chi connectivity index (χ2n) is 4.60. The number of halogens is 1. The van der Waals surface area contributed by atoms with E-state index in [2.05, 4.69) is 15.9 Å². The van der Waals surface area contributed by atoms with Crippen LogP contribution in [0.3, 0.4) is 0 Å². The Kier molecular flexibility index (Phi) is 3.82. The highest BCUT2D eigenvalue weighted by atomic mass is 79.9. The first-order valence-corrected chi connectivity index (χ1v) is 7.13. The van der Waals surface area contributed by atoms with Gasteiger partial charge in [-0.25, -0.2) is 8.42 Å². The fraction of sp³-hybridized carbons (Fsp3) is 0.455. The van der Waals surface area contributed by atoms with Gasteiger partial charge in [0.25, 0.3) is 0 Å². The molecule has 1 aromatic carbocycles. The van der Waals surface area contributed by atoms with Crippen molar-refractivity contribution in [3.63, 3.8) is 0 Å². The van der Waals surface area contributed by atoms with Gasteiger partial charge in [-0.15, -0.1) is 0 Å². The molecule has 90 valence electrons. The Labute approximate surface area is 106 Å². The third-order valence-corrected chi connectivity index (χ3v) is 5.01. The van der Waals surface area contributed by atoms with Crippen LogP contribution in [0.25, 0.3) is 0 Å². The molecule has 0 N–H and O–H groups in total. The molecule has 0 aliphatic heterocycles. The minimum absolute atomic E-state index is 0.305. The van der Waals surface area contributed by atoms with E-state index in [4.69, 9.17) is 0 Å². The van der Waals surface area contributed by atoms with Gasteiger partial charge in [-0.05, 0) is 39.0 Å². The van der Waals surface area contributed by atoms with Crippen LogP contribution in [0.5, 0.6) is 0 Å². The fourth-order valence-electron chi connectivity index (χ4n) is 1.15. The maximum absolute atomic E-state index is 12.2. The van der Waals surface area contributed by atoms with Crippen molar-refractivity contribution in [1.82, 2.24) is 4.31 Å². The summed E-state index contributed by atoms with van der Waals surface area (Å²) in [6, 6.07) is 6.73. The van der Waals surface area contributed by atoms with Gasteiger partial charge >= 0.3 is 0 Å². The molecule has 0 amide bonds. The Morgan fingerprint density at radius 3 is 2.25 bits per heavy atom. The van der Waals surface area contributed by atoms with Crippen molar-refractivity contribution in [1.29, 1.82) is 0 Å². The molecule has 0 saturated heterocycles. The summed E-state index contributed by atoms with van der Waals surface area (Å²) in [6.45, 7) is 5.59. The minimum atomic E-state index is -3.42. The second kappa shape index (κ2) is 4.47. The third-order valence-electron chi connectivity index (χ3n) is 2.40. The summed E-state index contributed by atoms with van der Waals surface area (Å²) in [6.07, 6.45) is 0. The molecule has 0 bridgehead atoms. The lowest BCUT2D eigenvalue weighted by molar-refractivity contribution is 0.292. The highest BCUT2D eigenvalue weighted by Gasteiger charge is 2.30. The zero-order valence-electron chi connectivity index (χ0n) is 9.86. The minimum Gasteiger partial charge on any atom is -0.207 e. The molecule has 0 unspecified atom stereocenters. The summed E-state index contributed by atoms with van der Waals surface area (Å²) in [5.74, 6) is 0. The molecule has 5 heteroatoms. The highest BCUT2D eigenvalue weighted by molar-refractivity contribution is 9.10. The summed E-state index contributed by atoms with van der Waals surface area (Å²) in [5, 5.41) is 0. The van der Waals surface area contributed by atoms with E-state index in [-0.39, 0.29) is 0 Å². The molecule has 0 aromatic heterocycles. The molecule has 0 aliphatic carbocycles. The summed E-state index contributed by atoms with van der Waals surface area (Å²) >= 11 is 3.27. The van der Waals surface area contributed by atoms with Gasteiger partial charge in [0.15, 0.2) is 0 Å². The van der Waals surface area contributed by atoms with E-state index < -0.39 is 15.6 Å². The predicted octanol–water partition coefficient (Wildman–Crippen LogP) is 2.87. The smallest absolute Gasteiger partial charge is 0.207 e. The maximum atomic E-state index is 12.2. The Morgan fingerprint density at radius 1 is 1.25 bits per heavy atom. The fourth-order valence-corrected chi connectivity index (χ4v) is 3.26. The molecule has 0 aliphatic rings. The van der Waals surface area contributed by atoms with Crippen LogP contribution in [-0.2, 0) is 10.0 Å². The number of nitrogens with zero attached hydrogens (tertiary/aromatic N) is 1. The van der Waals surface area contributed by atoms with E-state index in [0.29, 0.717) is 4.90 Å². The lowest BCUT2D eigenvalue weighted by Crippen LogP contribution is -2.42. The van der Waals surface area contributed by atoms with Crippen LogP contribution in [0.15, 0.2) is 33.6 Å². The third kappa shape index (κ3) is 2.84. The summed E-state index contributed by atoms with van der Waals surface area (Å²) in [4.78, 5) is 0.305. The molecule has 0 fully saturated rings. The van der Waals surface area contributed by atoms with Crippen LogP contribution in [0.1, 0.15) is 20.8 Å². The van der Waals surface area contributed by atoms with Gasteiger partial charge in [-0.1, -0.05) is 22.0 Å². The van der Waals surface area contributed by atoms with Gasteiger partial charge in [-0.2, -0.15) is 4.31 Å². The van der Waals surface area contributed by atoms with E-state index in [9.17, 15) is 8.42 Å². The molecular formula is C11H16BrNO2S. The van der Waals surface area contributed by atoms with Gasteiger partial charge in [-0.3, -0.25) is 0 Å². The molecule has 1 aromatic rings. The van der Waals surface area contributed by atoms with Crippen LogP contribution >= 0.6 is 15.9 Å². The average Bonchev–Trinajstić information content (AvgIpc) is 2.15. The van der Waals surface area contributed by atoms with E-state index in [0.717, 1.165) is 4.47 Å². The Bertz CT molecular complexity index is 477. The van der Waals surface area contributed by atoms with Gasteiger partial charge in [0.05, 0.1) is 4.90 Å². The standard InChI is InChI=1S/C11H16BrNO2S/c1-11(2,3)13(4)16(14,15)10-7-5-6-9(12)8-10/h5-8H,1-4H3. The largest absolute Gasteiger partial charge is 0.243 e. The molecule has 0 atom stereocenters. The van der Waals surface area contributed by atoms with Crippen LogP contribution in [0.4, 0.5) is 0 Å². The Morgan fingerprint density at radius 2 is 1.81 bits per heavy atom.